The Labute approximate surface area is 139 Å². The van der Waals surface area contributed by atoms with Crippen LogP contribution in [-0.2, 0) is 11.3 Å². The molecule has 1 atom stereocenters. The van der Waals surface area contributed by atoms with Crippen molar-refractivity contribution >= 4 is 5.91 Å². The molecule has 1 aliphatic heterocycles. The van der Waals surface area contributed by atoms with Crippen molar-refractivity contribution in [1.29, 1.82) is 0 Å². The molecular weight excluding hydrogens is 288 g/mol. The molecule has 2 heterocycles. The Morgan fingerprint density at radius 3 is 2.78 bits per heavy atom. The van der Waals surface area contributed by atoms with Gasteiger partial charge in [-0.1, -0.05) is 25.7 Å². The van der Waals surface area contributed by atoms with Gasteiger partial charge in [0.05, 0.1) is 5.69 Å². The maximum absolute atomic E-state index is 12.3. The van der Waals surface area contributed by atoms with Crippen LogP contribution in [0.15, 0.2) is 6.07 Å². The number of hydrogen-bond acceptors (Lipinski definition) is 3. The van der Waals surface area contributed by atoms with Gasteiger partial charge in [0.1, 0.15) is 0 Å². The van der Waals surface area contributed by atoms with Gasteiger partial charge in [-0.05, 0) is 44.7 Å². The molecule has 0 unspecified atom stereocenters. The Morgan fingerprint density at radius 1 is 1.30 bits per heavy atom. The van der Waals surface area contributed by atoms with Crippen LogP contribution >= 0.6 is 0 Å². The van der Waals surface area contributed by atoms with Gasteiger partial charge in [-0.25, -0.2) is 0 Å². The third kappa shape index (κ3) is 4.80. The molecule has 2 aliphatic rings. The normalized spacial score (nSPS) is 23.8. The zero-order valence-electron chi connectivity index (χ0n) is 14.3. The second-order valence-electron chi connectivity index (χ2n) is 7.37. The number of aromatic nitrogens is 2. The van der Waals surface area contributed by atoms with Gasteiger partial charge in [-0.3, -0.25) is 14.8 Å². The van der Waals surface area contributed by atoms with Crippen LogP contribution in [0.4, 0.5) is 0 Å². The van der Waals surface area contributed by atoms with Crippen LogP contribution in [0.3, 0.4) is 0 Å². The summed E-state index contributed by atoms with van der Waals surface area (Å²) in [5.74, 6) is 1.15. The molecule has 0 aromatic carbocycles. The SMILES string of the molecule is Cc1cc(CN2CC[C@H](CNC(=O)C3CCCCCC3)C2)n[nH]1. The third-order valence-electron chi connectivity index (χ3n) is 5.31. The Hall–Kier alpha value is -1.36. The number of nitrogens with one attached hydrogen (secondary N) is 2. The lowest BCUT2D eigenvalue weighted by Crippen LogP contribution is -2.35. The van der Waals surface area contributed by atoms with E-state index >= 15 is 0 Å². The molecule has 2 N–H and O–H groups in total. The smallest absolute Gasteiger partial charge is 0.223 e. The predicted molar refractivity (Wildman–Crippen MR) is 90.9 cm³/mol. The second-order valence-corrected chi connectivity index (χ2v) is 7.37. The van der Waals surface area contributed by atoms with Crippen LogP contribution < -0.4 is 5.32 Å². The van der Waals surface area contributed by atoms with Crippen molar-refractivity contribution in [2.45, 2.75) is 58.4 Å². The molecule has 1 aliphatic carbocycles. The fraction of sp³-hybridized carbons (Fsp3) is 0.778. The van der Waals surface area contributed by atoms with E-state index in [4.69, 9.17) is 0 Å². The topological polar surface area (TPSA) is 61.0 Å². The summed E-state index contributed by atoms with van der Waals surface area (Å²) in [5, 5.41) is 10.5. The molecule has 1 saturated heterocycles. The fourth-order valence-electron chi connectivity index (χ4n) is 3.94. The number of amides is 1. The summed E-state index contributed by atoms with van der Waals surface area (Å²) in [6.45, 7) is 5.96. The van der Waals surface area contributed by atoms with Crippen LogP contribution in [-0.4, -0.2) is 40.6 Å². The van der Waals surface area contributed by atoms with Crippen LogP contribution in [0.25, 0.3) is 0 Å². The molecule has 0 bridgehead atoms. The first-order chi connectivity index (χ1) is 11.2. The average molecular weight is 318 g/mol. The lowest BCUT2D eigenvalue weighted by Gasteiger charge is -2.17. The average Bonchev–Trinajstić information content (AvgIpc) is 3.05. The summed E-state index contributed by atoms with van der Waals surface area (Å²) in [7, 11) is 0. The van der Waals surface area contributed by atoms with E-state index in [9.17, 15) is 4.79 Å². The second kappa shape index (κ2) is 7.95. The van der Waals surface area contributed by atoms with E-state index in [-0.39, 0.29) is 5.92 Å². The maximum Gasteiger partial charge on any atom is 0.223 e. The van der Waals surface area contributed by atoms with E-state index in [1.54, 1.807) is 0 Å². The van der Waals surface area contributed by atoms with Gasteiger partial charge in [-0.2, -0.15) is 5.10 Å². The van der Waals surface area contributed by atoms with Crippen LogP contribution in [0, 0.1) is 18.8 Å². The van der Waals surface area contributed by atoms with Crippen molar-refractivity contribution in [2.24, 2.45) is 11.8 Å². The molecule has 5 heteroatoms. The molecular formula is C18H30N4O. The minimum absolute atomic E-state index is 0.266. The van der Waals surface area contributed by atoms with Gasteiger partial charge in [0.15, 0.2) is 0 Å². The molecule has 1 aromatic heterocycles. The zero-order chi connectivity index (χ0) is 16.1. The molecule has 0 radical (unpaired) electrons. The van der Waals surface area contributed by atoms with E-state index in [0.717, 1.165) is 50.4 Å². The molecule has 5 nitrogen and oxygen atoms in total. The number of carbonyl (C=O) groups is 1. The monoisotopic (exact) mass is 318 g/mol. The van der Waals surface area contributed by atoms with Gasteiger partial charge < -0.3 is 5.32 Å². The quantitative estimate of drug-likeness (QED) is 0.821. The third-order valence-corrected chi connectivity index (χ3v) is 5.31. The van der Waals surface area contributed by atoms with E-state index in [2.05, 4.69) is 26.5 Å². The Balaban J connectivity index is 1.38. The Morgan fingerprint density at radius 2 is 2.09 bits per heavy atom. The number of aryl methyl sites for hydroxylation is 1. The molecule has 1 saturated carbocycles. The predicted octanol–water partition coefficient (Wildman–Crippen LogP) is 2.63. The molecule has 3 rings (SSSR count). The van der Waals surface area contributed by atoms with E-state index in [0.29, 0.717) is 11.8 Å². The van der Waals surface area contributed by atoms with Crippen LogP contribution in [0.2, 0.25) is 0 Å². The maximum atomic E-state index is 12.3. The largest absolute Gasteiger partial charge is 0.356 e. The van der Waals surface area contributed by atoms with E-state index < -0.39 is 0 Å². The minimum Gasteiger partial charge on any atom is -0.356 e. The minimum atomic E-state index is 0.266. The van der Waals surface area contributed by atoms with Gasteiger partial charge in [-0.15, -0.1) is 0 Å². The van der Waals surface area contributed by atoms with Crippen molar-refractivity contribution in [1.82, 2.24) is 20.4 Å². The molecule has 23 heavy (non-hydrogen) atoms. The van der Waals surface area contributed by atoms with Crippen molar-refractivity contribution in [3.8, 4) is 0 Å². The number of H-pyrrole nitrogens is 1. The number of aromatic amines is 1. The summed E-state index contributed by atoms with van der Waals surface area (Å²) >= 11 is 0. The highest BCUT2D eigenvalue weighted by molar-refractivity contribution is 5.78. The van der Waals surface area contributed by atoms with Crippen molar-refractivity contribution in [3.05, 3.63) is 17.5 Å². The van der Waals surface area contributed by atoms with Gasteiger partial charge in [0.2, 0.25) is 5.91 Å². The van der Waals surface area contributed by atoms with Gasteiger partial charge >= 0.3 is 0 Å². The van der Waals surface area contributed by atoms with E-state index in [1.807, 2.05) is 6.92 Å². The first-order valence-corrected chi connectivity index (χ1v) is 9.21. The molecule has 1 aromatic rings. The lowest BCUT2D eigenvalue weighted by molar-refractivity contribution is -0.125. The summed E-state index contributed by atoms with van der Waals surface area (Å²) in [6.07, 6.45) is 8.38. The lowest BCUT2D eigenvalue weighted by atomic mass is 9.99. The standard InChI is InChI=1S/C18H30N4O/c1-14-10-17(21-20-14)13-22-9-8-15(12-22)11-19-18(23)16-6-4-2-3-5-7-16/h10,15-16H,2-9,11-13H2,1H3,(H,19,23)(H,20,21)/t15-/m1/s1. The Bertz CT molecular complexity index is 505. The first kappa shape index (κ1) is 16.5. The highest BCUT2D eigenvalue weighted by Crippen LogP contribution is 2.23. The molecule has 1 amide bonds. The van der Waals surface area contributed by atoms with Gasteiger partial charge in [0.25, 0.3) is 0 Å². The summed E-state index contributed by atoms with van der Waals surface area (Å²) < 4.78 is 0. The van der Waals surface area contributed by atoms with Crippen molar-refractivity contribution in [2.75, 3.05) is 19.6 Å². The summed E-state index contributed by atoms with van der Waals surface area (Å²) in [6, 6.07) is 2.11. The number of likely N-dealkylation sites (tertiary alicyclic amines) is 1. The highest BCUT2D eigenvalue weighted by atomic mass is 16.1. The molecule has 2 fully saturated rings. The fourth-order valence-corrected chi connectivity index (χ4v) is 3.94. The summed E-state index contributed by atoms with van der Waals surface area (Å²) in [5.41, 5.74) is 2.23. The first-order valence-electron chi connectivity index (χ1n) is 9.21. The summed E-state index contributed by atoms with van der Waals surface area (Å²) in [4.78, 5) is 14.8. The van der Waals surface area contributed by atoms with Crippen LogP contribution in [0.1, 0.15) is 56.3 Å². The van der Waals surface area contributed by atoms with E-state index in [1.165, 1.54) is 32.1 Å². The van der Waals surface area contributed by atoms with Crippen molar-refractivity contribution in [3.63, 3.8) is 0 Å². The number of carbonyl (C=O) groups excluding carboxylic acids is 1. The van der Waals surface area contributed by atoms with Crippen LogP contribution in [0.5, 0.6) is 0 Å². The molecule has 0 spiro atoms. The molecule has 128 valence electrons. The Kier molecular flexibility index (Phi) is 5.70. The number of hydrogen-bond donors (Lipinski definition) is 2. The van der Waals surface area contributed by atoms with Gasteiger partial charge in [0, 0.05) is 31.2 Å². The zero-order valence-corrected chi connectivity index (χ0v) is 14.3. The highest BCUT2D eigenvalue weighted by Gasteiger charge is 2.25. The van der Waals surface area contributed by atoms with Crippen molar-refractivity contribution < 1.29 is 4.79 Å². The number of rotatable bonds is 5. The number of nitrogens with zero attached hydrogens (tertiary/aromatic N) is 2.